The third kappa shape index (κ3) is 7.43. The van der Waals surface area contributed by atoms with Crippen LogP contribution in [0.2, 0.25) is 0 Å². The second kappa shape index (κ2) is 9.33. The van der Waals surface area contributed by atoms with Gasteiger partial charge in [0.25, 0.3) is 0 Å². The van der Waals surface area contributed by atoms with E-state index in [1.165, 1.54) is 36.4 Å². The van der Waals surface area contributed by atoms with Crippen molar-refractivity contribution < 1.29 is 30.7 Å². The van der Waals surface area contributed by atoms with Crippen LogP contribution in [0.4, 0.5) is 17.6 Å². The van der Waals surface area contributed by atoms with Gasteiger partial charge in [0, 0.05) is 25.4 Å². The Hall–Kier alpha value is -2.20. The number of rotatable bonds is 9. The van der Waals surface area contributed by atoms with Gasteiger partial charge in [-0.05, 0) is 17.2 Å². The summed E-state index contributed by atoms with van der Waals surface area (Å²) in [4.78, 5) is 3.75. The maximum absolute atomic E-state index is 13.2. The lowest BCUT2D eigenvalue weighted by atomic mass is 9.99. The molecule has 0 aliphatic carbocycles. The average Bonchev–Trinajstić information content (AvgIpc) is 2.60. The molecular formula is C18H20F4N2O3S. The Bertz CT molecular complexity index is 854. The summed E-state index contributed by atoms with van der Waals surface area (Å²) in [6.45, 7) is 1.12. The first kappa shape index (κ1) is 22.1. The number of halogens is 4. The highest BCUT2D eigenvalue weighted by molar-refractivity contribution is 7.90. The number of aromatic nitrogens is 1. The van der Waals surface area contributed by atoms with Crippen molar-refractivity contribution in [3.05, 3.63) is 59.5 Å². The van der Waals surface area contributed by atoms with Gasteiger partial charge in [0.1, 0.15) is 22.3 Å². The number of sulfone groups is 1. The van der Waals surface area contributed by atoms with Crippen LogP contribution >= 0.6 is 0 Å². The molecule has 0 bridgehead atoms. The van der Waals surface area contributed by atoms with E-state index in [0.717, 1.165) is 18.0 Å². The minimum absolute atomic E-state index is 0.0904. The van der Waals surface area contributed by atoms with Gasteiger partial charge in [-0.3, -0.25) is 0 Å². The van der Waals surface area contributed by atoms with E-state index in [2.05, 4.69) is 10.3 Å². The van der Waals surface area contributed by atoms with Gasteiger partial charge in [-0.25, -0.2) is 17.8 Å². The van der Waals surface area contributed by atoms with Crippen molar-refractivity contribution in [3.63, 3.8) is 0 Å². The Morgan fingerprint density at radius 3 is 2.36 bits per heavy atom. The largest absolute Gasteiger partial charge is 0.476 e. The zero-order valence-corrected chi connectivity index (χ0v) is 15.9. The summed E-state index contributed by atoms with van der Waals surface area (Å²) in [5.74, 6) is -3.21. The van der Waals surface area contributed by atoms with E-state index in [4.69, 9.17) is 4.74 Å². The molecule has 0 unspecified atom stereocenters. The molecule has 0 radical (unpaired) electrons. The Morgan fingerprint density at radius 1 is 1.14 bits per heavy atom. The van der Waals surface area contributed by atoms with Crippen LogP contribution in [0.3, 0.4) is 0 Å². The van der Waals surface area contributed by atoms with Crippen LogP contribution < -0.4 is 10.1 Å². The van der Waals surface area contributed by atoms with Gasteiger partial charge in [-0.2, -0.15) is 13.2 Å². The first-order valence-corrected chi connectivity index (χ1v) is 10.4. The molecule has 0 spiro atoms. The number of ether oxygens (including phenoxy) is 1. The summed E-state index contributed by atoms with van der Waals surface area (Å²) in [6.07, 6.45) is -2.82. The summed E-state index contributed by atoms with van der Waals surface area (Å²) in [5, 5.41) is 3.06. The van der Waals surface area contributed by atoms with Crippen molar-refractivity contribution in [3.8, 4) is 5.88 Å². The van der Waals surface area contributed by atoms with Crippen LogP contribution in [0.25, 0.3) is 0 Å². The van der Waals surface area contributed by atoms with Crippen molar-refractivity contribution in [2.45, 2.75) is 18.6 Å². The van der Waals surface area contributed by atoms with Gasteiger partial charge in [0.2, 0.25) is 5.88 Å². The van der Waals surface area contributed by atoms with E-state index in [1.54, 1.807) is 0 Å². The first-order valence-electron chi connectivity index (χ1n) is 8.33. The second-order valence-electron chi connectivity index (χ2n) is 6.27. The molecule has 5 nitrogen and oxygen atoms in total. The van der Waals surface area contributed by atoms with E-state index in [9.17, 15) is 26.0 Å². The molecule has 0 saturated carbocycles. The van der Waals surface area contributed by atoms with Gasteiger partial charge in [0.15, 0.2) is 0 Å². The molecule has 2 rings (SSSR count). The van der Waals surface area contributed by atoms with Gasteiger partial charge in [0.05, 0.1) is 17.9 Å². The Morgan fingerprint density at radius 2 is 1.82 bits per heavy atom. The van der Waals surface area contributed by atoms with Crippen molar-refractivity contribution in [1.29, 1.82) is 0 Å². The molecule has 1 aromatic carbocycles. The molecule has 28 heavy (non-hydrogen) atoms. The zero-order chi connectivity index (χ0) is 20.8. The van der Waals surface area contributed by atoms with Gasteiger partial charge in [-0.1, -0.05) is 24.3 Å². The molecular weight excluding hydrogens is 400 g/mol. The van der Waals surface area contributed by atoms with E-state index < -0.39 is 33.5 Å². The van der Waals surface area contributed by atoms with Crippen LogP contribution in [0.5, 0.6) is 5.88 Å². The van der Waals surface area contributed by atoms with E-state index >= 15 is 0 Å². The summed E-state index contributed by atoms with van der Waals surface area (Å²) in [6, 6.07) is 8.26. The molecule has 1 atom stereocenters. The third-order valence-corrected chi connectivity index (χ3v) is 4.74. The highest BCUT2D eigenvalue weighted by Crippen LogP contribution is 2.35. The maximum atomic E-state index is 13.2. The fraction of sp³-hybridized carbons (Fsp3) is 0.389. The molecule has 1 N–H and O–H groups in total. The van der Waals surface area contributed by atoms with Crippen LogP contribution in [-0.2, 0) is 16.4 Å². The second-order valence-corrected chi connectivity index (χ2v) is 8.45. The molecule has 2 aromatic rings. The van der Waals surface area contributed by atoms with E-state index in [0.29, 0.717) is 13.1 Å². The summed E-state index contributed by atoms with van der Waals surface area (Å²) in [7, 11) is -3.78. The lowest BCUT2D eigenvalue weighted by Crippen LogP contribution is -2.27. The Kier molecular flexibility index (Phi) is 7.36. The standard InChI is InChI=1S/C18H20F4N2O3S/c1-28(25,26)12-16(18(20,21)22)14-4-2-13(3-5-14)10-23-8-9-27-17-7-6-15(19)11-24-17/h2-7,11,16,23H,8-10,12H2,1H3/t16-/m0/s1. The number of pyridine rings is 1. The van der Waals surface area contributed by atoms with Gasteiger partial charge in [-0.15, -0.1) is 0 Å². The van der Waals surface area contributed by atoms with Crippen molar-refractivity contribution in [1.82, 2.24) is 10.3 Å². The summed E-state index contributed by atoms with van der Waals surface area (Å²) >= 11 is 0. The molecule has 0 aliphatic heterocycles. The minimum Gasteiger partial charge on any atom is -0.476 e. The molecule has 0 amide bonds. The highest BCUT2D eigenvalue weighted by atomic mass is 32.2. The molecule has 1 aromatic heterocycles. The lowest BCUT2D eigenvalue weighted by molar-refractivity contribution is -0.145. The molecule has 1 heterocycles. The zero-order valence-electron chi connectivity index (χ0n) is 15.0. The number of hydrogen-bond donors (Lipinski definition) is 1. The monoisotopic (exact) mass is 420 g/mol. The van der Waals surface area contributed by atoms with Crippen molar-refractivity contribution in [2.24, 2.45) is 0 Å². The smallest absolute Gasteiger partial charge is 0.396 e. The number of hydrogen-bond acceptors (Lipinski definition) is 5. The van der Waals surface area contributed by atoms with Crippen LogP contribution in [0, 0.1) is 5.82 Å². The minimum atomic E-state index is -4.64. The fourth-order valence-corrected chi connectivity index (χ4v) is 3.45. The Labute approximate surface area is 160 Å². The lowest BCUT2D eigenvalue weighted by Gasteiger charge is -2.20. The van der Waals surface area contributed by atoms with Crippen molar-refractivity contribution >= 4 is 9.84 Å². The molecule has 0 fully saturated rings. The summed E-state index contributed by atoms with van der Waals surface area (Å²) in [5.41, 5.74) is 0.649. The van der Waals surface area contributed by atoms with Crippen molar-refractivity contribution in [2.75, 3.05) is 25.2 Å². The molecule has 0 aliphatic rings. The quantitative estimate of drug-likeness (QED) is 0.499. The molecule has 10 heteroatoms. The third-order valence-electron chi connectivity index (χ3n) is 3.80. The van der Waals surface area contributed by atoms with Gasteiger partial charge < -0.3 is 10.1 Å². The van der Waals surface area contributed by atoms with Crippen LogP contribution in [-0.4, -0.2) is 44.7 Å². The Balaban J connectivity index is 1.85. The molecule has 0 saturated heterocycles. The molecule has 154 valence electrons. The number of benzene rings is 1. The predicted octanol–water partition coefficient (Wildman–Crippen LogP) is 3.08. The average molecular weight is 420 g/mol. The number of alkyl halides is 3. The van der Waals surface area contributed by atoms with Crippen LogP contribution in [0.1, 0.15) is 17.0 Å². The topological polar surface area (TPSA) is 68.3 Å². The van der Waals surface area contributed by atoms with Gasteiger partial charge >= 0.3 is 6.18 Å². The normalized spacial score (nSPS) is 13.3. The van der Waals surface area contributed by atoms with E-state index in [1.807, 2.05) is 0 Å². The maximum Gasteiger partial charge on any atom is 0.396 e. The number of nitrogens with one attached hydrogen (secondary N) is 1. The fourth-order valence-electron chi connectivity index (χ4n) is 2.46. The predicted molar refractivity (Wildman–Crippen MR) is 96.3 cm³/mol. The SMILES string of the molecule is CS(=O)(=O)C[C@@H](c1ccc(CNCCOc2ccc(F)cn2)cc1)C(F)(F)F. The van der Waals surface area contributed by atoms with E-state index in [-0.39, 0.29) is 18.1 Å². The van der Waals surface area contributed by atoms with Crippen LogP contribution in [0.15, 0.2) is 42.6 Å². The first-order chi connectivity index (χ1) is 13.0. The number of nitrogens with zero attached hydrogens (tertiary/aromatic N) is 1. The summed E-state index contributed by atoms with van der Waals surface area (Å²) < 4.78 is 80.2. The highest BCUT2D eigenvalue weighted by Gasteiger charge is 2.42.